The molecule has 0 fully saturated rings. The van der Waals surface area contributed by atoms with Gasteiger partial charge in [-0.2, -0.15) is 0 Å². The van der Waals surface area contributed by atoms with Crippen LogP contribution in [0.3, 0.4) is 0 Å². The predicted molar refractivity (Wildman–Crippen MR) is 192 cm³/mol. The van der Waals surface area contributed by atoms with Crippen molar-refractivity contribution in [3.05, 3.63) is 0 Å². The third-order valence-corrected chi connectivity index (χ3v) is 9.01. The Morgan fingerprint density at radius 2 is 0.744 bits per heavy atom. The number of hydrogen-bond donors (Lipinski definition) is 2. The first-order valence-corrected chi connectivity index (χ1v) is 19.4. The second-order valence-electron chi connectivity index (χ2n) is 13.3. The molecule has 0 aliphatic carbocycles. The molecule has 4 N–H and O–H groups in total. The van der Waals surface area contributed by atoms with Crippen LogP contribution in [0.2, 0.25) is 0 Å². The highest BCUT2D eigenvalue weighted by atomic mass is 16.2. The molecule has 0 aromatic heterocycles. The smallest absolute Gasteiger partial charge is 0.222 e. The summed E-state index contributed by atoms with van der Waals surface area (Å²) in [6.07, 6.45) is 40.7. The van der Waals surface area contributed by atoms with Crippen LogP contribution < -0.4 is 11.5 Å². The van der Waals surface area contributed by atoms with Gasteiger partial charge in [0.15, 0.2) is 5.96 Å². The van der Waals surface area contributed by atoms with Gasteiger partial charge in [-0.05, 0) is 25.7 Å². The zero-order valence-corrected chi connectivity index (χ0v) is 29.5. The van der Waals surface area contributed by atoms with Crippen molar-refractivity contribution in [1.82, 2.24) is 4.90 Å². The number of aliphatic imine (C=N–C) groups is 1. The summed E-state index contributed by atoms with van der Waals surface area (Å²) in [6.45, 7) is 7.07. The van der Waals surface area contributed by atoms with Crippen LogP contribution in [0.25, 0.3) is 0 Å². The zero-order valence-electron chi connectivity index (χ0n) is 29.5. The average Bonchev–Trinajstić information content (AvgIpc) is 2.99. The molecule has 0 rings (SSSR count). The van der Waals surface area contributed by atoms with E-state index in [1.807, 2.05) is 0 Å². The molecule has 43 heavy (non-hydrogen) atoms. The Kier molecular flexibility index (Phi) is 34.2. The maximum absolute atomic E-state index is 13.0. The maximum atomic E-state index is 13.0. The minimum Gasteiger partial charge on any atom is -0.370 e. The molecule has 256 valence electrons. The summed E-state index contributed by atoms with van der Waals surface area (Å²) in [5.74, 6) is 0.470. The summed E-state index contributed by atoms with van der Waals surface area (Å²) in [7, 11) is 0. The Morgan fingerprint density at radius 3 is 1.05 bits per heavy atom. The average molecular weight is 607 g/mol. The normalized spacial score (nSPS) is 11.2. The van der Waals surface area contributed by atoms with Crippen LogP contribution in [0.5, 0.6) is 0 Å². The van der Waals surface area contributed by atoms with E-state index in [4.69, 9.17) is 11.5 Å². The Morgan fingerprint density at radius 1 is 0.442 bits per heavy atom. The Bertz CT molecular complexity index is 558. The van der Waals surface area contributed by atoms with Gasteiger partial charge in [0.1, 0.15) is 0 Å². The Labute approximate surface area is 270 Å². The van der Waals surface area contributed by atoms with Crippen molar-refractivity contribution in [2.24, 2.45) is 16.5 Å². The highest BCUT2D eigenvalue weighted by Gasteiger charge is 2.12. The second kappa shape index (κ2) is 35.2. The van der Waals surface area contributed by atoms with Crippen molar-refractivity contribution < 1.29 is 4.79 Å². The van der Waals surface area contributed by atoms with E-state index in [0.717, 1.165) is 38.8 Å². The number of unbranched alkanes of at least 4 members (excludes halogenated alkanes) is 27. The third kappa shape index (κ3) is 33.5. The highest BCUT2D eigenvalue weighted by molar-refractivity contribution is 5.76. The fraction of sp³-hybridized carbons (Fsp3) is 0.947. The number of amides is 1. The molecule has 0 saturated heterocycles. The molecule has 5 nitrogen and oxygen atoms in total. The van der Waals surface area contributed by atoms with Gasteiger partial charge >= 0.3 is 0 Å². The quantitative estimate of drug-likeness (QED) is 0.0427. The van der Waals surface area contributed by atoms with Crippen molar-refractivity contribution in [1.29, 1.82) is 0 Å². The van der Waals surface area contributed by atoms with Gasteiger partial charge in [0.25, 0.3) is 0 Å². The first kappa shape index (κ1) is 41.7. The van der Waals surface area contributed by atoms with Gasteiger partial charge in [-0.15, -0.1) is 0 Å². The number of nitrogens with two attached hydrogens (primary N) is 2. The van der Waals surface area contributed by atoms with E-state index in [9.17, 15) is 4.79 Å². The van der Waals surface area contributed by atoms with Crippen molar-refractivity contribution in [3.63, 3.8) is 0 Å². The number of hydrogen-bond acceptors (Lipinski definition) is 2. The van der Waals surface area contributed by atoms with Crippen LogP contribution in [0.1, 0.15) is 213 Å². The molecule has 0 bridgehead atoms. The van der Waals surface area contributed by atoms with Crippen molar-refractivity contribution in [2.45, 2.75) is 213 Å². The number of rotatable bonds is 35. The van der Waals surface area contributed by atoms with Crippen LogP contribution >= 0.6 is 0 Å². The lowest BCUT2D eigenvalue weighted by atomic mass is 10.0. The molecule has 0 aliphatic heterocycles. The van der Waals surface area contributed by atoms with Crippen molar-refractivity contribution in [2.75, 3.05) is 19.6 Å². The lowest BCUT2D eigenvalue weighted by Crippen LogP contribution is -2.32. The molecule has 5 heteroatoms. The topological polar surface area (TPSA) is 84.7 Å². The van der Waals surface area contributed by atoms with E-state index in [0.29, 0.717) is 18.9 Å². The van der Waals surface area contributed by atoms with E-state index in [1.165, 1.54) is 167 Å². The summed E-state index contributed by atoms with van der Waals surface area (Å²) in [5.41, 5.74) is 10.8. The summed E-state index contributed by atoms with van der Waals surface area (Å²) in [5, 5.41) is 0. The van der Waals surface area contributed by atoms with Crippen LogP contribution in [0.4, 0.5) is 0 Å². The number of nitrogens with zero attached hydrogens (tertiary/aromatic N) is 2. The summed E-state index contributed by atoms with van der Waals surface area (Å²) in [6, 6.07) is 0. The molecule has 1 amide bonds. The summed E-state index contributed by atoms with van der Waals surface area (Å²) < 4.78 is 0. The highest BCUT2D eigenvalue weighted by Crippen LogP contribution is 2.15. The zero-order chi connectivity index (χ0) is 31.5. The summed E-state index contributed by atoms with van der Waals surface area (Å²) >= 11 is 0. The standard InChI is InChI=1S/C38H78N4O/c1-3-5-7-9-11-13-15-17-19-21-23-25-27-31-35-42(37(43)33-29-30-34-41-38(39)40)36-32-28-26-24-22-20-18-16-14-12-10-8-6-4-2/h3-36H2,1-2H3,(H4,39,40,41). The largest absolute Gasteiger partial charge is 0.370 e. The van der Waals surface area contributed by atoms with Crippen LogP contribution in [-0.2, 0) is 4.79 Å². The van der Waals surface area contributed by atoms with E-state index in [2.05, 4.69) is 23.7 Å². The van der Waals surface area contributed by atoms with Crippen molar-refractivity contribution in [3.8, 4) is 0 Å². The minimum atomic E-state index is 0.142. The monoisotopic (exact) mass is 607 g/mol. The molecule has 0 aliphatic rings. The molecule has 0 atom stereocenters. The maximum Gasteiger partial charge on any atom is 0.222 e. The number of carbonyl (C=O) groups excluding carboxylic acids is 1. The van der Waals surface area contributed by atoms with E-state index in [-0.39, 0.29) is 5.96 Å². The van der Waals surface area contributed by atoms with Gasteiger partial charge in [-0.1, -0.05) is 181 Å². The van der Waals surface area contributed by atoms with Crippen LogP contribution in [0, 0.1) is 0 Å². The van der Waals surface area contributed by atoms with Gasteiger partial charge in [-0.3, -0.25) is 9.79 Å². The Balaban J connectivity index is 3.98. The second-order valence-corrected chi connectivity index (χ2v) is 13.3. The minimum absolute atomic E-state index is 0.142. The summed E-state index contributed by atoms with van der Waals surface area (Å²) in [4.78, 5) is 19.2. The van der Waals surface area contributed by atoms with E-state index >= 15 is 0 Å². The first-order chi connectivity index (χ1) is 21.1. The first-order valence-electron chi connectivity index (χ1n) is 19.4. The van der Waals surface area contributed by atoms with Crippen molar-refractivity contribution >= 4 is 11.9 Å². The van der Waals surface area contributed by atoms with Gasteiger partial charge in [0.2, 0.25) is 5.91 Å². The molecule has 0 aromatic rings. The van der Waals surface area contributed by atoms with E-state index in [1.54, 1.807) is 0 Å². The van der Waals surface area contributed by atoms with Gasteiger partial charge < -0.3 is 16.4 Å². The predicted octanol–water partition coefficient (Wildman–Crippen LogP) is 11.2. The molecular formula is C38H78N4O. The van der Waals surface area contributed by atoms with Gasteiger partial charge in [0.05, 0.1) is 0 Å². The van der Waals surface area contributed by atoms with Crippen LogP contribution in [0.15, 0.2) is 4.99 Å². The van der Waals surface area contributed by atoms with Gasteiger partial charge in [0, 0.05) is 26.1 Å². The Hall–Kier alpha value is -1.26. The molecule has 0 radical (unpaired) electrons. The molecule has 0 spiro atoms. The van der Waals surface area contributed by atoms with Gasteiger partial charge in [-0.25, -0.2) is 0 Å². The molecular weight excluding hydrogens is 528 g/mol. The van der Waals surface area contributed by atoms with Crippen LogP contribution in [-0.4, -0.2) is 36.4 Å². The fourth-order valence-electron chi connectivity index (χ4n) is 6.11. The van der Waals surface area contributed by atoms with E-state index < -0.39 is 0 Å². The molecule has 0 aromatic carbocycles. The SMILES string of the molecule is CCCCCCCCCCCCCCCCN(CCCCCCCCCCCCCCCC)C(=O)CCCCN=C(N)N. The lowest BCUT2D eigenvalue weighted by molar-refractivity contribution is -0.131. The third-order valence-electron chi connectivity index (χ3n) is 9.01. The molecule has 0 heterocycles. The fourth-order valence-corrected chi connectivity index (χ4v) is 6.11. The number of carbonyl (C=O) groups is 1. The lowest BCUT2D eigenvalue weighted by Gasteiger charge is -2.23. The molecule has 0 saturated carbocycles. The number of guanidine groups is 1. The molecule has 0 unspecified atom stereocenters.